The van der Waals surface area contributed by atoms with Gasteiger partial charge in [-0.25, -0.2) is 0 Å². The predicted octanol–water partition coefficient (Wildman–Crippen LogP) is 2.29. The number of nitrogens with one attached hydrogen (secondary N) is 1. The predicted molar refractivity (Wildman–Crippen MR) is 67.1 cm³/mol. The number of hydrogen-bond acceptors (Lipinski definition) is 2. The molecule has 1 fully saturated rings. The molecule has 0 aliphatic carbocycles. The van der Waals surface area contributed by atoms with Crippen LogP contribution in [-0.2, 0) is 4.74 Å². The molecule has 1 aliphatic rings. The van der Waals surface area contributed by atoms with Gasteiger partial charge in [0.25, 0.3) is 5.91 Å². The third kappa shape index (κ3) is 3.07. The first kappa shape index (κ1) is 12.1. The summed E-state index contributed by atoms with van der Waals surface area (Å²) in [6, 6.07) is 7.68. The number of benzene rings is 1. The van der Waals surface area contributed by atoms with Crippen molar-refractivity contribution in [2.75, 3.05) is 6.61 Å². The van der Waals surface area contributed by atoms with Crippen LogP contribution >= 0.6 is 0 Å². The molecule has 0 saturated carbocycles. The Kier molecular flexibility index (Phi) is 3.79. The van der Waals surface area contributed by atoms with E-state index < -0.39 is 0 Å². The van der Waals surface area contributed by atoms with Crippen molar-refractivity contribution in [3.63, 3.8) is 0 Å². The molecule has 17 heavy (non-hydrogen) atoms. The van der Waals surface area contributed by atoms with Crippen LogP contribution < -0.4 is 5.32 Å². The Morgan fingerprint density at radius 3 is 2.71 bits per heavy atom. The molecule has 1 aromatic rings. The topological polar surface area (TPSA) is 38.3 Å². The second-order valence-corrected chi connectivity index (χ2v) is 4.68. The van der Waals surface area contributed by atoms with E-state index in [2.05, 4.69) is 5.32 Å². The van der Waals surface area contributed by atoms with Crippen LogP contribution in [0, 0.1) is 6.92 Å². The van der Waals surface area contributed by atoms with Crippen molar-refractivity contribution in [2.45, 2.75) is 38.8 Å². The molecule has 2 rings (SSSR count). The lowest BCUT2D eigenvalue weighted by Crippen LogP contribution is -2.40. The van der Waals surface area contributed by atoms with Crippen LogP contribution in [0.15, 0.2) is 24.3 Å². The molecular formula is C14H19NO2. The van der Waals surface area contributed by atoms with Gasteiger partial charge in [-0.05, 0) is 38.8 Å². The molecule has 3 heteroatoms. The molecule has 0 aromatic heterocycles. The van der Waals surface area contributed by atoms with Crippen molar-refractivity contribution in [2.24, 2.45) is 0 Å². The number of amides is 1. The Hall–Kier alpha value is -1.35. The zero-order valence-corrected chi connectivity index (χ0v) is 10.4. The van der Waals surface area contributed by atoms with Crippen LogP contribution in [0.3, 0.4) is 0 Å². The molecule has 0 spiro atoms. The molecule has 1 N–H and O–H groups in total. The van der Waals surface area contributed by atoms with Crippen LogP contribution in [0.5, 0.6) is 0 Å². The molecule has 3 nitrogen and oxygen atoms in total. The normalized spacial score (nSPS) is 21.2. The van der Waals surface area contributed by atoms with E-state index in [4.69, 9.17) is 4.74 Å². The maximum Gasteiger partial charge on any atom is 0.251 e. The van der Waals surface area contributed by atoms with E-state index in [1.54, 1.807) is 0 Å². The number of aryl methyl sites for hydroxylation is 1. The Labute approximate surface area is 102 Å². The molecule has 1 amide bonds. The highest BCUT2D eigenvalue weighted by atomic mass is 16.5. The van der Waals surface area contributed by atoms with Gasteiger partial charge in [-0.2, -0.15) is 0 Å². The highest BCUT2D eigenvalue weighted by Gasteiger charge is 2.23. The third-order valence-electron chi connectivity index (χ3n) is 3.20. The maximum absolute atomic E-state index is 12.0. The minimum atomic E-state index is -0.0204. The lowest BCUT2D eigenvalue weighted by molar-refractivity contribution is 0.0712. The van der Waals surface area contributed by atoms with Gasteiger partial charge in [0.1, 0.15) is 0 Å². The van der Waals surface area contributed by atoms with Gasteiger partial charge in [0.15, 0.2) is 0 Å². The molecule has 1 aliphatic heterocycles. The molecule has 1 heterocycles. The average Bonchev–Trinajstić information content (AvgIpc) is 2.83. The summed E-state index contributed by atoms with van der Waals surface area (Å²) in [4.78, 5) is 12.0. The standard InChI is InChI=1S/C14H19NO2/c1-10-5-7-12(8-6-10)14(16)15-11(2)13-4-3-9-17-13/h5-8,11,13H,3-4,9H2,1-2H3,(H,15,16)/t11-,13-/m1/s1. The molecule has 0 unspecified atom stereocenters. The summed E-state index contributed by atoms with van der Waals surface area (Å²) in [6.07, 6.45) is 2.30. The summed E-state index contributed by atoms with van der Waals surface area (Å²) in [5.74, 6) is -0.0204. The average molecular weight is 233 g/mol. The molecule has 2 atom stereocenters. The van der Waals surface area contributed by atoms with Gasteiger partial charge < -0.3 is 10.1 Å². The van der Waals surface area contributed by atoms with Crippen molar-refractivity contribution >= 4 is 5.91 Å². The lowest BCUT2D eigenvalue weighted by atomic mass is 10.1. The summed E-state index contributed by atoms with van der Waals surface area (Å²) in [5.41, 5.74) is 1.87. The molecule has 0 radical (unpaired) electrons. The number of ether oxygens (including phenoxy) is 1. The largest absolute Gasteiger partial charge is 0.376 e. The van der Waals surface area contributed by atoms with Gasteiger partial charge >= 0.3 is 0 Å². The summed E-state index contributed by atoms with van der Waals surface area (Å²) in [6.45, 7) is 4.83. The number of carbonyl (C=O) groups is 1. The Morgan fingerprint density at radius 2 is 2.12 bits per heavy atom. The lowest BCUT2D eigenvalue weighted by Gasteiger charge is -2.20. The first-order valence-corrected chi connectivity index (χ1v) is 6.16. The second kappa shape index (κ2) is 5.32. The zero-order valence-electron chi connectivity index (χ0n) is 10.4. The van der Waals surface area contributed by atoms with Gasteiger partial charge in [-0.3, -0.25) is 4.79 Å². The van der Waals surface area contributed by atoms with Gasteiger partial charge in [0.05, 0.1) is 12.1 Å². The Balaban J connectivity index is 1.94. The highest BCUT2D eigenvalue weighted by molar-refractivity contribution is 5.94. The van der Waals surface area contributed by atoms with E-state index >= 15 is 0 Å². The van der Waals surface area contributed by atoms with E-state index in [1.165, 1.54) is 0 Å². The fraction of sp³-hybridized carbons (Fsp3) is 0.500. The summed E-state index contributed by atoms with van der Waals surface area (Å²) >= 11 is 0. The fourth-order valence-electron chi connectivity index (χ4n) is 2.08. The fourth-order valence-corrected chi connectivity index (χ4v) is 2.08. The third-order valence-corrected chi connectivity index (χ3v) is 3.20. The molecule has 1 saturated heterocycles. The minimum absolute atomic E-state index is 0.0204. The van der Waals surface area contributed by atoms with Crippen molar-refractivity contribution in [1.29, 1.82) is 0 Å². The quantitative estimate of drug-likeness (QED) is 0.870. The van der Waals surface area contributed by atoms with Gasteiger partial charge in [0.2, 0.25) is 0 Å². The monoisotopic (exact) mass is 233 g/mol. The van der Waals surface area contributed by atoms with Crippen molar-refractivity contribution in [3.8, 4) is 0 Å². The van der Waals surface area contributed by atoms with E-state index in [-0.39, 0.29) is 18.1 Å². The Bertz CT molecular complexity index is 380. The van der Waals surface area contributed by atoms with Crippen LogP contribution in [0.1, 0.15) is 35.7 Å². The van der Waals surface area contributed by atoms with Crippen LogP contribution in [0.2, 0.25) is 0 Å². The van der Waals surface area contributed by atoms with Crippen LogP contribution in [0.4, 0.5) is 0 Å². The van der Waals surface area contributed by atoms with E-state index in [9.17, 15) is 4.79 Å². The van der Waals surface area contributed by atoms with Crippen molar-refractivity contribution < 1.29 is 9.53 Å². The minimum Gasteiger partial charge on any atom is -0.376 e. The Morgan fingerprint density at radius 1 is 1.41 bits per heavy atom. The summed E-state index contributed by atoms with van der Waals surface area (Å²) < 4.78 is 5.56. The summed E-state index contributed by atoms with van der Waals surface area (Å²) in [7, 11) is 0. The van der Waals surface area contributed by atoms with E-state index in [0.29, 0.717) is 5.56 Å². The van der Waals surface area contributed by atoms with Gasteiger partial charge in [-0.1, -0.05) is 17.7 Å². The van der Waals surface area contributed by atoms with Gasteiger partial charge in [0, 0.05) is 12.2 Å². The second-order valence-electron chi connectivity index (χ2n) is 4.68. The molecular weight excluding hydrogens is 214 g/mol. The number of hydrogen-bond donors (Lipinski definition) is 1. The highest BCUT2D eigenvalue weighted by Crippen LogP contribution is 2.15. The van der Waals surface area contributed by atoms with Gasteiger partial charge in [-0.15, -0.1) is 0 Å². The van der Waals surface area contributed by atoms with Crippen molar-refractivity contribution in [3.05, 3.63) is 35.4 Å². The smallest absolute Gasteiger partial charge is 0.251 e. The van der Waals surface area contributed by atoms with Crippen LogP contribution in [0.25, 0.3) is 0 Å². The summed E-state index contributed by atoms with van der Waals surface area (Å²) in [5, 5.41) is 2.99. The van der Waals surface area contributed by atoms with E-state index in [0.717, 1.165) is 25.0 Å². The molecule has 0 bridgehead atoms. The number of carbonyl (C=O) groups excluding carboxylic acids is 1. The van der Waals surface area contributed by atoms with E-state index in [1.807, 2.05) is 38.1 Å². The molecule has 1 aromatic carbocycles. The molecule has 92 valence electrons. The van der Waals surface area contributed by atoms with Crippen molar-refractivity contribution in [1.82, 2.24) is 5.32 Å². The zero-order chi connectivity index (χ0) is 12.3. The van der Waals surface area contributed by atoms with Crippen LogP contribution in [-0.4, -0.2) is 24.7 Å². The number of rotatable bonds is 3. The SMILES string of the molecule is Cc1ccc(C(=O)N[C@H](C)[C@H]2CCCO2)cc1. The first-order chi connectivity index (χ1) is 8.16. The first-order valence-electron chi connectivity index (χ1n) is 6.16. The maximum atomic E-state index is 12.0.